The van der Waals surface area contributed by atoms with E-state index in [0.717, 1.165) is 35.0 Å². The molecular weight excluding hydrogens is 468 g/mol. The Labute approximate surface area is 214 Å². The van der Waals surface area contributed by atoms with Gasteiger partial charge in [-0.3, -0.25) is 19.5 Å². The largest absolute Gasteiger partial charge is 0.364 e. The first-order valence-corrected chi connectivity index (χ1v) is 12.8. The first-order valence-electron chi connectivity index (χ1n) is 12.8. The summed E-state index contributed by atoms with van der Waals surface area (Å²) in [5.74, 6) is 0.117. The Kier molecular flexibility index (Phi) is 5.96. The van der Waals surface area contributed by atoms with Gasteiger partial charge in [-0.25, -0.2) is 4.52 Å². The van der Waals surface area contributed by atoms with Gasteiger partial charge >= 0.3 is 0 Å². The number of rotatable bonds is 7. The van der Waals surface area contributed by atoms with Crippen LogP contribution < -0.4 is 11.1 Å². The highest BCUT2D eigenvalue weighted by molar-refractivity contribution is 5.97. The van der Waals surface area contributed by atoms with Crippen LogP contribution >= 0.6 is 0 Å². The summed E-state index contributed by atoms with van der Waals surface area (Å²) in [6.45, 7) is 4.63. The zero-order valence-electron chi connectivity index (χ0n) is 20.8. The van der Waals surface area contributed by atoms with Crippen LogP contribution in [0.15, 0.2) is 49.1 Å². The van der Waals surface area contributed by atoms with Gasteiger partial charge in [-0.2, -0.15) is 0 Å². The number of nitrogens with two attached hydrogens (primary N) is 1. The van der Waals surface area contributed by atoms with Gasteiger partial charge in [0, 0.05) is 61.6 Å². The van der Waals surface area contributed by atoms with Crippen molar-refractivity contribution in [2.24, 2.45) is 11.7 Å². The van der Waals surface area contributed by atoms with Crippen LogP contribution in [0.5, 0.6) is 0 Å². The van der Waals surface area contributed by atoms with Crippen molar-refractivity contribution in [1.29, 1.82) is 0 Å². The average Bonchev–Trinajstić information content (AvgIpc) is 3.57. The molecule has 6 heterocycles. The number of aromatic nitrogens is 5. The van der Waals surface area contributed by atoms with Gasteiger partial charge < -0.3 is 15.6 Å². The number of carbonyl (C=O) groups excluding carboxylic acids is 2. The van der Waals surface area contributed by atoms with Gasteiger partial charge in [-0.05, 0) is 56.7 Å². The zero-order chi connectivity index (χ0) is 25.5. The monoisotopic (exact) mass is 498 g/mol. The van der Waals surface area contributed by atoms with Crippen LogP contribution in [0, 0.1) is 12.8 Å². The Morgan fingerprint density at radius 1 is 1.11 bits per heavy atom. The van der Waals surface area contributed by atoms with Crippen LogP contribution in [0.4, 0.5) is 0 Å². The molecule has 2 saturated heterocycles. The molecule has 2 amide bonds. The number of aryl methyl sites for hydroxylation is 1. The van der Waals surface area contributed by atoms with E-state index in [9.17, 15) is 9.59 Å². The predicted molar refractivity (Wildman–Crippen MR) is 138 cm³/mol. The lowest BCUT2D eigenvalue weighted by atomic mass is 9.80. The average molecular weight is 499 g/mol. The summed E-state index contributed by atoms with van der Waals surface area (Å²) in [7, 11) is 0. The molecule has 10 nitrogen and oxygen atoms in total. The summed E-state index contributed by atoms with van der Waals surface area (Å²) in [6, 6.07) is 8.22. The van der Waals surface area contributed by atoms with Gasteiger partial charge in [0.15, 0.2) is 5.69 Å². The topological polar surface area (TPSA) is 123 Å². The summed E-state index contributed by atoms with van der Waals surface area (Å²) in [6.07, 6.45) is 12.7. The molecule has 3 aliphatic rings. The number of hydrogen-bond acceptors (Lipinski definition) is 6. The molecule has 0 unspecified atom stereocenters. The summed E-state index contributed by atoms with van der Waals surface area (Å²) >= 11 is 0. The maximum Gasteiger partial charge on any atom is 0.271 e. The van der Waals surface area contributed by atoms with E-state index in [1.54, 1.807) is 23.0 Å². The summed E-state index contributed by atoms with van der Waals surface area (Å²) in [5, 5.41) is 10.9. The summed E-state index contributed by atoms with van der Waals surface area (Å²) < 4.78 is 3.50. The lowest BCUT2D eigenvalue weighted by molar-refractivity contribution is 0.0494. The molecule has 0 radical (unpaired) electrons. The fraction of sp³-hybridized carbons (Fsp3) is 0.370. The minimum absolute atomic E-state index is 0.106. The molecule has 1 aliphatic carbocycles. The first kappa shape index (κ1) is 23.4. The Balaban J connectivity index is 1.16. The first-order chi connectivity index (χ1) is 18.0. The van der Waals surface area contributed by atoms with Crippen molar-refractivity contribution in [3.05, 3.63) is 66.0 Å². The highest BCUT2D eigenvalue weighted by Crippen LogP contribution is 2.34. The third-order valence-electron chi connectivity index (χ3n) is 7.78. The standard InChI is InChI=1S/C27H30N8O2/c1-17-24(12-21(13-30-17)27(37)29-9-11-33-14-18-2-5-22(33)6-3-18)34-10-8-20(15-34)19-4-7-23-25(26(28)36)31-32-35(23)16-19/h4,7-8,10,12-13,15-16,18,22H,2-3,5-6,9,11,14H2,1H3,(H2,28,36)(H,29,37). The number of carbonyl (C=O) groups is 2. The van der Waals surface area contributed by atoms with Crippen molar-refractivity contribution in [3.8, 4) is 16.8 Å². The number of primary amides is 1. The van der Waals surface area contributed by atoms with E-state index in [2.05, 4.69) is 25.5 Å². The second-order valence-corrected chi connectivity index (χ2v) is 10.1. The molecule has 37 heavy (non-hydrogen) atoms. The van der Waals surface area contributed by atoms with Crippen LogP contribution in [-0.2, 0) is 0 Å². The van der Waals surface area contributed by atoms with E-state index in [1.165, 1.54) is 32.2 Å². The molecule has 2 aliphatic heterocycles. The van der Waals surface area contributed by atoms with Crippen molar-refractivity contribution >= 4 is 17.3 Å². The van der Waals surface area contributed by atoms with E-state index in [4.69, 9.17) is 5.73 Å². The molecule has 4 aromatic rings. The molecule has 190 valence electrons. The Hall–Kier alpha value is -4.05. The number of fused-ring (bicyclic) bond motifs is 4. The molecule has 0 spiro atoms. The third-order valence-corrected chi connectivity index (χ3v) is 7.78. The third kappa shape index (κ3) is 4.48. The highest BCUT2D eigenvalue weighted by atomic mass is 16.2. The number of nitrogens with one attached hydrogen (secondary N) is 1. The van der Waals surface area contributed by atoms with Crippen molar-refractivity contribution in [2.75, 3.05) is 19.6 Å². The van der Waals surface area contributed by atoms with Gasteiger partial charge in [-0.15, -0.1) is 5.10 Å². The smallest absolute Gasteiger partial charge is 0.271 e. The predicted octanol–water partition coefficient (Wildman–Crippen LogP) is 2.59. The lowest BCUT2D eigenvalue weighted by Crippen LogP contribution is -2.50. The minimum Gasteiger partial charge on any atom is -0.364 e. The van der Waals surface area contributed by atoms with Gasteiger partial charge in [0.2, 0.25) is 0 Å². The number of pyridine rings is 2. The normalized spacial score (nSPS) is 19.4. The molecule has 2 bridgehead atoms. The quantitative estimate of drug-likeness (QED) is 0.404. The van der Waals surface area contributed by atoms with Crippen LogP contribution in [0.2, 0.25) is 0 Å². The molecular formula is C27H30N8O2. The van der Waals surface area contributed by atoms with Gasteiger partial charge in [0.1, 0.15) is 0 Å². The summed E-state index contributed by atoms with van der Waals surface area (Å²) in [5.41, 5.74) is 10.1. The fourth-order valence-corrected chi connectivity index (χ4v) is 5.73. The maximum atomic E-state index is 12.9. The molecule has 7 rings (SSSR count). The molecule has 10 heteroatoms. The van der Waals surface area contributed by atoms with E-state index in [0.29, 0.717) is 23.7 Å². The van der Waals surface area contributed by atoms with Crippen LogP contribution in [-0.4, -0.2) is 66.8 Å². The Morgan fingerprint density at radius 3 is 2.68 bits per heavy atom. The Morgan fingerprint density at radius 2 is 1.92 bits per heavy atom. The molecule has 0 atom stereocenters. The number of piperidine rings is 2. The van der Waals surface area contributed by atoms with Crippen molar-refractivity contribution in [1.82, 2.24) is 34.6 Å². The number of nitrogens with zero attached hydrogens (tertiary/aromatic N) is 6. The van der Waals surface area contributed by atoms with E-state index < -0.39 is 5.91 Å². The van der Waals surface area contributed by atoms with Crippen LogP contribution in [0.1, 0.15) is 52.2 Å². The van der Waals surface area contributed by atoms with Crippen LogP contribution in [0.25, 0.3) is 22.3 Å². The lowest BCUT2D eigenvalue weighted by Gasteiger charge is -2.45. The van der Waals surface area contributed by atoms with Crippen molar-refractivity contribution in [2.45, 2.75) is 38.6 Å². The maximum absolute atomic E-state index is 12.9. The number of hydrogen-bond donors (Lipinski definition) is 2. The molecule has 0 aromatic carbocycles. The van der Waals surface area contributed by atoms with Crippen molar-refractivity contribution < 1.29 is 9.59 Å². The SMILES string of the molecule is Cc1ncc(C(=O)NCCN2CC3CCC2CC3)cc1-n1ccc(-c2ccc3c(C(N)=O)nnn3c2)c1. The van der Waals surface area contributed by atoms with Gasteiger partial charge in [0.05, 0.1) is 22.5 Å². The highest BCUT2D eigenvalue weighted by Gasteiger charge is 2.33. The van der Waals surface area contributed by atoms with Gasteiger partial charge in [-0.1, -0.05) is 11.3 Å². The van der Waals surface area contributed by atoms with E-state index in [-0.39, 0.29) is 11.6 Å². The minimum atomic E-state index is -0.612. The summed E-state index contributed by atoms with van der Waals surface area (Å²) in [4.78, 5) is 31.5. The van der Waals surface area contributed by atoms with Gasteiger partial charge in [0.25, 0.3) is 11.8 Å². The molecule has 4 aromatic heterocycles. The second-order valence-electron chi connectivity index (χ2n) is 10.1. The van der Waals surface area contributed by atoms with E-state index in [1.807, 2.05) is 42.1 Å². The van der Waals surface area contributed by atoms with E-state index >= 15 is 0 Å². The van der Waals surface area contributed by atoms with Crippen molar-refractivity contribution in [3.63, 3.8) is 0 Å². The molecule has 1 saturated carbocycles. The molecule has 3 fully saturated rings. The Bertz CT molecular complexity index is 1480. The van der Waals surface area contributed by atoms with Crippen LogP contribution in [0.3, 0.4) is 0 Å². The number of amides is 2. The fourth-order valence-electron chi connectivity index (χ4n) is 5.73. The second kappa shape index (κ2) is 9.44. The zero-order valence-corrected chi connectivity index (χ0v) is 20.8. The molecule has 3 N–H and O–H groups in total.